The number of nitrogens with zero attached hydrogens (tertiary/aromatic N) is 2. The van der Waals surface area contributed by atoms with Crippen molar-refractivity contribution in [3.8, 4) is 5.69 Å². The molecule has 1 heterocycles. The number of halogens is 1. The van der Waals surface area contributed by atoms with E-state index in [9.17, 15) is 18.8 Å². The summed E-state index contributed by atoms with van der Waals surface area (Å²) in [5.41, 5.74) is -0.0421. The molecule has 0 bridgehead atoms. The number of nitrogens with one attached hydrogen (secondary N) is 2. The van der Waals surface area contributed by atoms with Gasteiger partial charge >= 0.3 is 0 Å². The molecule has 1 aromatic heterocycles. The Morgan fingerprint density at radius 2 is 1.79 bits per heavy atom. The van der Waals surface area contributed by atoms with Crippen LogP contribution in [0.5, 0.6) is 0 Å². The molecule has 0 radical (unpaired) electrons. The lowest BCUT2D eigenvalue weighted by molar-refractivity contribution is -0.121. The third-order valence-corrected chi connectivity index (χ3v) is 4.71. The Hall–Kier alpha value is -3.03. The van der Waals surface area contributed by atoms with Crippen LogP contribution in [0.4, 0.5) is 4.39 Å². The number of carbonyl (C=O) groups is 2. The average Bonchev–Trinajstić information content (AvgIpc) is 2.70. The molecule has 0 aliphatic heterocycles. The Labute approximate surface area is 161 Å². The molecule has 1 aliphatic carbocycles. The van der Waals surface area contributed by atoms with E-state index in [-0.39, 0.29) is 30.6 Å². The van der Waals surface area contributed by atoms with Gasteiger partial charge in [-0.3, -0.25) is 14.4 Å². The van der Waals surface area contributed by atoms with Crippen LogP contribution in [0.15, 0.2) is 41.2 Å². The van der Waals surface area contributed by atoms with E-state index in [1.165, 1.54) is 42.8 Å². The highest BCUT2D eigenvalue weighted by atomic mass is 19.1. The summed E-state index contributed by atoms with van der Waals surface area (Å²) in [6.07, 6.45) is 5.68. The Balaban J connectivity index is 1.55. The van der Waals surface area contributed by atoms with Gasteiger partial charge in [-0.05, 0) is 43.2 Å². The molecular weight excluding hydrogens is 363 g/mol. The van der Waals surface area contributed by atoms with Gasteiger partial charge in [-0.25, -0.2) is 4.39 Å². The van der Waals surface area contributed by atoms with E-state index in [0.29, 0.717) is 5.69 Å². The quantitative estimate of drug-likeness (QED) is 0.794. The van der Waals surface area contributed by atoms with Crippen molar-refractivity contribution in [2.24, 2.45) is 0 Å². The summed E-state index contributed by atoms with van der Waals surface area (Å²) in [5.74, 6) is -1.00. The third-order valence-electron chi connectivity index (χ3n) is 4.71. The Kier molecular flexibility index (Phi) is 6.52. The van der Waals surface area contributed by atoms with Crippen molar-refractivity contribution in [1.82, 2.24) is 20.4 Å². The van der Waals surface area contributed by atoms with Gasteiger partial charge < -0.3 is 10.6 Å². The zero-order chi connectivity index (χ0) is 19.9. The minimum absolute atomic E-state index is 0.0385. The number of carbonyl (C=O) groups excluding carboxylic acids is 2. The van der Waals surface area contributed by atoms with Crippen LogP contribution in [-0.2, 0) is 4.79 Å². The van der Waals surface area contributed by atoms with Crippen molar-refractivity contribution in [1.29, 1.82) is 0 Å². The lowest BCUT2D eigenvalue weighted by Gasteiger charge is -2.22. The summed E-state index contributed by atoms with van der Waals surface area (Å²) in [5, 5.41) is 9.66. The minimum Gasteiger partial charge on any atom is -0.353 e. The second kappa shape index (κ2) is 9.25. The molecule has 0 unspecified atom stereocenters. The van der Waals surface area contributed by atoms with Crippen molar-refractivity contribution < 1.29 is 14.0 Å². The summed E-state index contributed by atoms with van der Waals surface area (Å²) in [6.45, 7) is 0.175. The first-order valence-electron chi connectivity index (χ1n) is 9.47. The van der Waals surface area contributed by atoms with Gasteiger partial charge in [-0.15, -0.1) is 0 Å². The zero-order valence-electron chi connectivity index (χ0n) is 15.5. The maximum absolute atomic E-state index is 13.1. The molecule has 1 aliphatic rings. The van der Waals surface area contributed by atoms with Gasteiger partial charge in [-0.2, -0.15) is 9.78 Å². The van der Waals surface area contributed by atoms with E-state index >= 15 is 0 Å². The van der Waals surface area contributed by atoms with E-state index in [0.717, 1.165) is 30.4 Å². The van der Waals surface area contributed by atoms with Crippen molar-refractivity contribution in [3.05, 3.63) is 58.3 Å². The van der Waals surface area contributed by atoms with Crippen molar-refractivity contribution in [2.45, 2.75) is 44.6 Å². The Bertz CT molecular complexity index is 889. The summed E-state index contributed by atoms with van der Waals surface area (Å²) in [7, 11) is 0. The van der Waals surface area contributed by atoms with Crippen LogP contribution in [0, 0.1) is 5.82 Å². The average molecular weight is 386 g/mol. The smallest absolute Gasteiger partial charge is 0.271 e. The van der Waals surface area contributed by atoms with Gasteiger partial charge in [0.25, 0.3) is 11.5 Å². The lowest BCUT2D eigenvalue weighted by Crippen LogP contribution is -2.38. The molecule has 1 fully saturated rings. The van der Waals surface area contributed by atoms with Crippen molar-refractivity contribution in [3.63, 3.8) is 0 Å². The molecule has 28 heavy (non-hydrogen) atoms. The fourth-order valence-corrected chi connectivity index (χ4v) is 3.23. The van der Waals surface area contributed by atoms with E-state index in [2.05, 4.69) is 15.7 Å². The molecule has 2 amide bonds. The largest absolute Gasteiger partial charge is 0.353 e. The summed E-state index contributed by atoms with van der Waals surface area (Å²) >= 11 is 0. The second-order valence-corrected chi connectivity index (χ2v) is 6.85. The van der Waals surface area contributed by atoms with Crippen LogP contribution < -0.4 is 16.2 Å². The molecule has 0 spiro atoms. The zero-order valence-corrected chi connectivity index (χ0v) is 15.5. The second-order valence-electron chi connectivity index (χ2n) is 6.85. The summed E-state index contributed by atoms with van der Waals surface area (Å²) in [4.78, 5) is 36.3. The standard InChI is InChI=1S/C20H23FN4O3/c21-14-6-8-16(9-7-14)25-19(27)11-10-17(24-25)20(28)22-13-12-18(26)23-15-4-2-1-3-5-15/h6-11,15H,1-5,12-13H2,(H,22,28)(H,23,26). The molecule has 0 saturated heterocycles. The Morgan fingerprint density at radius 3 is 2.50 bits per heavy atom. The van der Waals surface area contributed by atoms with Gasteiger partial charge in [0.05, 0.1) is 5.69 Å². The van der Waals surface area contributed by atoms with Gasteiger partial charge in [-0.1, -0.05) is 19.3 Å². The Morgan fingerprint density at radius 1 is 1.07 bits per heavy atom. The van der Waals surface area contributed by atoms with E-state index in [1.807, 2.05) is 0 Å². The number of hydrogen-bond acceptors (Lipinski definition) is 4. The van der Waals surface area contributed by atoms with Crippen LogP contribution in [0.25, 0.3) is 5.69 Å². The fourth-order valence-electron chi connectivity index (χ4n) is 3.23. The van der Waals surface area contributed by atoms with Crippen LogP contribution in [0.1, 0.15) is 49.0 Å². The number of amides is 2. The summed E-state index contributed by atoms with van der Waals surface area (Å²) < 4.78 is 14.1. The monoisotopic (exact) mass is 386 g/mol. The van der Waals surface area contributed by atoms with E-state index in [1.54, 1.807) is 0 Å². The predicted molar refractivity (Wildman–Crippen MR) is 102 cm³/mol. The first-order valence-corrected chi connectivity index (χ1v) is 9.47. The molecule has 148 valence electrons. The molecule has 8 heteroatoms. The molecule has 0 atom stereocenters. The number of hydrogen-bond donors (Lipinski definition) is 2. The topological polar surface area (TPSA) is 93.1 Å². The van der Waals surface area contributed by atoms with E-state index in [4.69, 9.17) is 0 Å². The van der Waals surface area contributed by atoms with Gasteiger partial charge in [0, 0.05) is 25.1 Å². The minimum atomic E-state index is -0.485. The third kappa shape index (κ3) is 5.25. The van der Waals surface area contributed by atoms with Gasteiger partial charge in [0.15, 0.2) is 0 Å². The normalized spacial score (nSPS) is 14.5. The molecule has 3 rings (SSSR count). The SMILES string of the molecule is O=C(CCNC(=O)c1ccc(=O)n(-c2ccc(F)cc2)n1)NC1CCCCC1. The van der Waals surface area contributed by atoms with Crippen LogP contribution >= 0.6 is 0 Å². The van der Waals surface area contributed by atoms with Crippen LogP contribution in [-0.4, -0.2) is 34.2 Å². The highest BCUT2D eigenvalue weighted by Crippen LogP contribution is 2.17. The summed E-state index contributed by atoms with van der Waals surface area (Å²) in [6, 6.07) is 8.00. The van der Waals surface area contributed by atoms with Crippen molar-refractivity contribution in [2.75, 3.05) is 6.54 Å². The number of rotatable bonds is 6. The van der Waals surface area contributed by atoms with E-state index < -0.39 is 17.3 Å². The number of benzene rings is 1. The first-order chi connectivity index (χ1) is 13.5. The fraction of sp³-hybridized carbons (Fsp3) is 0.400. The lowest BCUT2D eigenvalue weighted by atomic mass is 9.95. The van der Waals surface area contributed by atoms with Gasteiger partial charge in [0.2, 0.25) is 5.91 Å². The molecular formula is C20H23FN4O3. The maximum atomic E-state index is 13.1. The van der Waals surface area contributed by atoms with Crippen molar-refractivity contribution >= 4 is 11.8 Å². The molecule has 7 nitrogen and oxygen atoms in total. The van der Waals surface area contributed by atoms with Crippen LogP contribution in [0.2, 0.25) is 0 Å². The molecule has 1 saturated carbocycles. The first kappa shape index (κ1) is 19.7. The molecule has 2 aromatic rings. The highest BCUT2D eigenvalue weighted by molar-refractivity contribution is 5.92. The van der Waals surface area contributed by atoms with Gasteiger partial charge in [0.1, 0.15) is 11.5 Å². The maximum Gasteiger partial charge on any atom is 0.271 e. The number of aromatic nitrogens is 2. The molecule has 1 aromatic carbocycles. The predicted octanol–water partition coefficient (Wildman–Crippen LogP) is 1.94. The van der Waals surface area contributed by atoms with Crippen LogP contribution in [0.3, 0.4) is 0 Å². The highest BCUT2D eigenvalue weighted by Gasteiger charge is 2.16. The molecule has 2 N–H and O–H groups in total.